The highest BCUT2D eigenvalue weighted by atomic mass is 35.5. The second kappa shape index (κ2) is 20.8. The van der Waals surface area contributed by atoms with Crippen molar-refractivity contribution in [3.63, 3.8) is 0 Å². The lowest BCUT2D eigenvalue weighted by Gasteiger charge is -2.13. The first-order chi connectivity index (χ1) is 29.7. The number of halogens is 4. The van der Waals surface area contributed by atoms with E-state index in [0.717, 1.165) is 25.1 Å². The number of fused-ring (bicyclic) bond motifs is 2. The molecule has 13 nitrogen and oxygen atoms in total. The Balaban J connectivity index is 0.000000236. The molecule has 19 heteroatoms. The van der Waals surface area contributed by atoms with Gasteiger partial charge in [0, 0.05) is 47.7 Å². The van der Waals surface area contributed by atoms with Crippen LogP contribution < -0.4 is 11.1 Å². The fourth-order valence-corrected chi connectivity index (χ4v) is 9.86. The Hall–Kier alpha value is -6.14. The number of benzene rings is 4. The van der Waals surface area contributed by atoms with Gasteiger partial charge in [-0.2, -0.15) is 0 Å². The predicted octanol–water partition coefficient (Wildman–Crippen LogP) is 9.88. The molecule has 2 aliphatic rings. The molecule has 3 N–H and O–H groups in total. The van der Waals surface area contributed by atoms with Gasteiger partial charge in [0.1, 0.15) is 23.0 Å². The lowest BCUT2D eigenvalue weighted by Crippen LogP contribution is -2.23. The predicted molar refractivity (Wildman–Crippen MR) is 246 cm³/mol. The minimum atomic E-state index is -4.12. The zero-order valence-electron chi connectivity index (χ0n) is 33.7. The maximum atomic E-state index is 13.4. The zero-order chi connectivity index (χ0) is 46.0. The molecule has 344 valence electrons. The van der Waals surface area contributed by atoms with Crippen molar-refractivity contribution in [1.82, 2.24) is 7.94 Å². The van der Waals surface area contributed by atoms with Crippen LogP contribution in [0.1, 0.15) is 98.6 Å². The summed E-state index contributed by atoms with van der Waals surface area (Å²) in [4.78, 5) is 49.6. The summed E-state index contributed by atoms with van der Waals surface area (Å²) in [6.45, 7) is 5.44. The molecule has 6 aromatic rings. The molecule has 2 heterocycles. The summed E-state index contributed by atoms with van der Waals surface area (Å²) < 4.78 is 84.8. The topological polar surface area (TPSA) is 194 Å². The highest BCUT2D eigenvalue weighted by molar-refractivity contribution is 7.90. The Bertz CT molecular complexity index is 3020. The molecular weight excluding hydrogens is 926 g/mol. The maximum absolute atomic E-state index is 13.4. The molecule has 2 aromatic heterocycles. The van der Waals surface area contributed by atoms with E-state index in [-0.39, 0.29) is 100 Å². The summed E-state index contributed by atoms with van der Waals surface area (Å²) in [6.07, 6.45) is 3.54. The number of nitrogens with two attached hydrogens (primary N) is 1. The van der Waals surface area contributed by atoms with E-state index in [4.69, 9.17) is 33.7 Å². The van der Waals surface area contributed by atoms with E-state index in [9.17, 15) is 44.8 Å². The molecule has 1 amide bonds. The van der Waals surface area contributed by atoms with Gasteiger partial charge in [-0.15, -0.1) is 0 Å². The van der Waals surface area contributed by atoms with Crippen LogP contribution in [0.4, 0.5) is 20.2 Å². The molecule has 0 atom stereocenters. The third-order valence-electron chi connectivity index (χ3n) is 9.92. The normalized spacial score (nSPS) is 12.6. The number of carbonyl (C=O) groups excluding carboxylic acids is 4. The monoisotopic (exact) mass is 970 g/mol. The number of nitrogen functional groups attached to an aromatic ring is 1. The van der Waals surface area contributed by atoms with Gasteiger partial charge in [0.2, 0.25) is 0 Å². The first kappa shape index (κ1) is 51.5. The van der Waals surface area contributed by atoms with Gasteiger partial charge < -0.3 is 15.8 Å². The Morgan fingerprint density at radius 3 is 1.54 bits per heavy atom. The van der Waals surface area contributed by atoms with Crippen molar-refractivity contribution in [3.05, 3.63) is 164 Å². The number of hydrogen-bond donors (Lipinski definition) is 2. The number of aromatic nitrogens is 2. The average Bonchev–Trinajstić information content (AvgIpc) is 4.01. The number of ether oxygens (including phenoxy) is 1. The van der Waals surface area contributed by atoms with Crippen LogP contribution >= 0.6 is 23.2 Å². The molecule has 0 radical (unpaired) electrons. The quantitative estimate of drug-likeness (QED) is 0.110. The number of amides is 1. The molecule has 8 rings (SSSR count). The third kappa shape index (κ3) is 10.9. The maximum Gasteiger partial charge on any atom is 0.356 e. The lowest BCUT2D eigenvalue weighted by atomic mass is 10.1. The van der Waals surface area contributed by atoms with Crippen LogP contribution in [0.5, 0.6) is 0 Å². The van der Waals surface area contributed by atoms with Crippen molar-refractivity contribution >= 4 is 78.1 Å². The van der Waals surface area contributed by atoms with Crippen molar-refractivity contribution in [2.45, 2.75) is 71.1 Å². The zero-order valence-corrected chi connectivity index (χ0v) is 36.9. The van der Waals surface area contributed by atoms with Gasteiger partial charge in [0.25, 0.3) is 26.0 Å². The number of hydrogen-bond acceptors (Lipinski definition) is 10. The Labute approximate surface area is 386 Å². The Kier molecular flexibility index (Phi) is 16.5. The first-order valence-electron chi connectivity index (χ1n) is 19.1. The number of rotatable bonds is 8. The van der Waals surface area contributed by atoms with Gasteiger partial charge in [0.15, 0.2) is 11.6 Å². The minimum absolute atomic E-state index is 0. The van der Waals surface area contributed by atoms with Crippen molar-refractivity contribution in [2.75, 3.05) is 17.7 Å². The molecule has 4 aromatic carbocycles. The second-order valence-electron chi connectivity index (χ2n) is 14.3. The number of nitrogens with one attached hydrogen (secondary N) is 1. The fourth-order valence-electron chi connectivity index (χ4n) is 6.73. The largest absolute Gasteiger partial charge is 0.461 e. The number of anilines is 2. The van der Waals surface area contributed by atoms with Crippen LogP contribution in [0.25, 0.3) is 0 Å². The van der Waals surface area contributed by atoms with Crippen LogP contribution in [-0.2, 0) is 37.6 Å². The summed E-state index contributed by atoms with van der Waals surface area (Å²) in [5.74, 6) is -2.93. The molecule has 0 saturated carbocycles. The standard InChI is InChI=1S/C21H16ClFN2O4S.C17H17NO5S.C6H5ClFN.2CH4/c1-12-2-5-14(6-3-12)30(28,29)25-11-16-15(7-9-19(16)26)20(25)21(27)24-13-4-8-18(23)17(22)10-13;1-3-23-17(20)16-13-8-9-15(19)14(13)10-18(16)24(21,22)12-6-4-11(2)5-7-12;7-5-3-4(9)1-2-6(5)8;;/h2-6,8,10-11H,7,9H2,1H3,(H,24,27);4-7,10H,3,8-9H2,1-2H3;1-3H,9H2;2*1H4. The molecule has 65 heavy (non-hydrogen) atoms. The molecule has 2 aliphatic carbocycles. The SMILES string of the molecule is C.C.CCOC(=O)c1c2c(cn1S(=O)(=O)c1ccc(C)cc1)C(=O)CC2.Cc1ccc(S(=O)(=O)n2cc3c(c2C(=O)Nc2ccc(F)c(Cl)c2)CCC3=O)cc1.Nc1ccc(F)c(Cl)c1. The van der Waals surface area contributed by atoms with Crippen LogP contribution in [-0.4, -0.2) is 54.8 Å². The minimum Gasteiger partial charge on any atom is -0.461 e. The van der Waals surface area contributed by atoms with Crippen LogP contribution in [0, 0.1) is 25.5 Å². The molecule has 0 spiro atoms. The van der Waals surface area contributed by atoms with E-state index in [0.29, 0.717) is 23.2 Å². The van der Waals surface area contributed by atoms with Gasteiger partial charge in [0.05, 0.1) is 26.4 Å². The summed E-state index contributed by atoms with van der Waals surface area (Å²) in [6, 6.07) is 20.2. The highest BCUT2D eigenvalue weighted by Crippen LogP contribution is 2.33. The van der Waals surface area contributed by atoms with Crippen LogP contribution in [0.3, 0.4) is 0 Å². The lowest BCUT2D eigenvalue weighted by molar-refractivity contribution is 0.0516. The summed E-state index contributed by atoms with van der Waals surface area (Å²) in [5.41, 5.74) is 8.87. The third-order valence-corrected chi connectivity index (χ3v) is 13.8. The van der Waals surface area contributed by atoms with E-state index in [1.807, 2.05) is 13.8 Å². The number of esters is 1. The van der Waals surface area contributed by atoms with Crippen molar-refractivity contribution in [3.8, 4) is 0 Å². The number of carbonyl (C=O) groups is 4. The summed E-state index contributed by atoms with van der Waals surface area (Å²) in [5, 5.41) is 2.42. The van der Waals surface area contributed by atoms with Crippen molar-refractivity contribution in [1.29, 1.82) is 0 Å². The fraction of sp³-hybridized carbons (Fsp3) is 0.217. The highest BCUT2D eigenvalue weighted by Gasteiger charge is 2.36. The van der Waals surface area contributed by atoms with Crippen LogP contribution in [0.15, 0.2) is 107 Å². The Morgan fingerprint density at radius 2 is 1.11 bits per heavy atom. The molecule has 0 bridgehead atoms. The molecule has 0 saturated heterocycles. The van der Waals surface area contributed by atoms with Gasteiger partial charge in [-0.25, -0.2) is 38.4 Å². The average molecular weight is 972 g/mol. The summed E-state index contributed by atoms with van der Waals surface area (Å²) in [7, 11) is -8.11. The Morgan fingerprint density at radius 1 is 0.677 bits per heavy atom. The summed E-state index contributed by atoms with van der Waals surface area (Å²) >= 11 is 11.1. The van der Waals surface area contributed by atoms with Crippen molar-refractivity contribution < 1.29 is 49.5 Å². The molecule has 0 unspecified atom stereocenters. The second-order valence-corrected chi connectivity index (χ2v) is 18.7. The van der Waals surface area contributed by atoms with Gasteiger partial charge >= 0.3 is 5.97 Å². The van der Waals surface area contributed by atoms with Gasteiger partial charge in [-0.3, -0.25) is 14.4 Å². The van der Waals surface area contributed by atoms with Gasteiger partial charge in [-0.05, 0) is 105 Å². The van der Waals surface area contributed by atoms with E-state index in [1.165, 1.54) is 67.0 Å². The van der Waals surface area contributed by atoms with E-state index >= 15 is 0 Å². The molecular formula is C46H46Cl2F2N4O9S2. The van der Waals surface area contributed by atoms with E-state index in [1.54, 1.807) is 31.2 Å². The number of nitrogens with zero attached hydrogens (tertiary/aromatic N) is 2. The van der Waals surface area contributed by atoms with Gasteiger partial charge in [-0.1, -0.05) is 73.4 Å². The van der Waals surface area contributed by atoms with Crippen molar-refractivity contribution in [2.24, 2.45) is 0 Å². The number of aryl methyl sites for hydroxylation is 2. The van der Waals surface area contributed by atoms with E-state index in [2.05, 4.69) is 5.32 Å². The van der Waals surface area contributed by atoms with Crippen LogP contribution in [0.2, 0.25) is 10.0 Å². The molecule has 0 aliphatic heterocycles. The first-order valence-corrected chi connectivity index (χ1v) is 22.7. The van der Waals surface area contributed by atoms with E-state index < -0.39 is 43.6 Å². The smallest absolute Gasteiger partial charge is 0.356 e. The number of ketones is 2. The number of Topliss-reactive ketones (excluding diaryl/α,β-unsaturated/α-hetero) is 2. The molecule has 0 fully saturated rings.